The van der Waals surface area contributed by atoms with Gasteiger partial charge in [0.05, 0.1) is 12.3 Å². The summed E-state index contributed by atoms with van der Waals surface area (Å²) in [6.07, 6.45) is 3.29. The van der Waals surface area contributed by atoms with Gasteiger partial charge >= 0.3 is 0 Å². The Morgan fingerprint density at radius 2 is 2.29 bits per heavy atom. The number of unbranched alkanes of at least 4 members (excludes halogenated alkanes) is 1. The van der Waals surface area contributed by atoms with E-state index < -0.39 is 0 Å². The highest BCUT2D eigenvalue weighted by Crippen LogP contribution is 2.29. The second-order valence-corrected chi connectivity index (χ2v) is 5.75. The summed E-state index contributed by atoms with van der Waals surface area (Å²) in [5, 5.41) is 7.73. The van der Waals surface area contributed by atoms with E-state index in [0.717, 1.165) is 56.0 Å². The van der Waals surface area contributed by atoms with E-state index in [-0.39, 0.29) is 0 Å². The van der Waals surface area contributed by atoms with E-state index in [2.05, 4.69) is 41.2 Å². The molecule has 0 unspecified atom stereocenters. The number of aromatic nitrogens is 2. The molecule has 4 heteroatoms. The molecule has 1 aromatic heterocycles. The quantitative estimate of drug-likeness (QED) is 0.857. The van der Waals surface area contributed by atoms with Crippen LogP contribution in [0.2, 0.25) is 0 Å². The normalized spacial score (nSPS) is 15.0. The Kier molecular flexibility index (Phi) is 4.25. The molecule has 0 radical (unpaired) electrons. The summed E-state index contributed by atoms with van der Waals surface area (Å²) in [6, 6.07) is 8.27. The number of ether oxygens (including phenoxy) is 1. The van der Waals surface area contributed by atoms with E-state index in [4.69, 9.17) is 4.74 Å². The van der Waals surface area contributed by atoms with Gasteiger partial charge in [0.1, 0.15) is 5.75 Å². The van der Waals surface area contributed by atoms with E-state index in [1.165, 1.54) is 11.3 Å². The summed E-state index contributed by atoms with van der Waals surface area (Å²) in [6.45, 7) is 5.00. The van der Waals surface area contributed by atoms with Gasteiger partial charge in [-0.1, -0.05) is 25.5 Å². The van der Waals surface area contributed by atoms with Gasteiger partial charge < -0.3 is 9.64 Å². The number of nitrogens with one attached hydrogen (secondary N) is 1. The molecule has 1 aliphatic heterocycles. The molecule has 0 saturated carbocycles. The van der Waals surface area contributed by atoms with Crippen molar-refractivity contribution in [3.8, 4) is 17.0 Å². The maximum Gasteiger partial charge on any atom is 0.119 e. The zero-order valence-electron chi connectivity index (χ0n) is 12.9. The van der Waals surface area contributed by atoms with Crippen molar-refractivity contribution < 1.29 is 4.74 Å². The zero-order valence-corrected chi connectivity index (χ0v) is 12.9. The third-order valence-corrected chi connectivity index (χ3v) is 4.00. The molecule has 0 fully saturated rings. The van der Waals surface area contributed by atoms with E-state index in [1.54, 1.807) is 0 Å². The molecular formula is C17H23N3O. The van der Waals surface area contributed by atoms with Crippen molar-refractivity contribution in [1.82, 2.24) is 15.1 Å². The molecule has 1 aliphatic rings. The Hall–Kier alpha value is -1.81. The van der Waals surface area contributed by atoms with Crippen molar-refractivity contribution in [2.45, 2.75) is 32.7 Å². The maximum absolute atomic E-state index is 5.80. The van der Waals surface area contributed by atoms with Gasteiger partial charge in [-0.05, 0) is 25.6 Å². The summed E-state index contributed by atoms with van der Waals surface area (Å²) >= 11 is 0. The average Bonchev–Trinajstić information content (AvgIpc) is 2.91. The monoisotopic (exact) mass is 285 g/mol. The van der Waals surface area contributed by atoms with Crippen LogP contribution in [0.25, 0.3) is 11.3 Å². The van der Waals surface area contributed by atoms with Crippen LogP contribution in [0.4, 0.5) is 0 Å². The lowest BCUT2D eigenvalue weighted by molar-refractivity contribution is 0.309. The Bertz CT molecular complexity index is 606. The van der Waals surface area contributed by atoms with Gasteiger partial charge in [-0.25, -0.2) is 0 Å². The predicted molar refractivity (Wildman–Crippen MR) is 84.5 cm³/mol. The largest absolute Gasteiger partial charge is 0.494 e. The number of benzene rings is 1. The second-order valence-electron chi connectivity index (χ2n) is 5.75. The van der Waals surface area contributed by atoms with Gasteiger partial charge in [0, 0.05) is 36.3 Å². The minimum atomic E-state index is 0.779. The number of aromatic amines is 1. The number of fused-ring (bicyclic) bond motifs is 1. The molecule has 0 spiro atoms. The molecule has 4 nitrogen and oxygen atoms in total. The Labute approximate surface area is 126 Å². The first-order valence-corrected chi connectivity index (χ1v) is 7.76. The summed E-state index contributed by atoms with van der Waals surface area (Å²) in [4.78, 5) is 2.34. The lowest BCUT2D eigenvalue weighted by Crippen LogP contribution is -2.26. The summed E-state index contributed by atoms with van der Waals surface area (Å²) < 4.78 is 5.80. The van der Waals surface area contributed by atoms with Gasteiger partial charge in [-0.2, -0.15) is 5.10 Å². The van der Waals surface area contributed by atoms with Crippen molar-refractivity contribution in [2.75, 3.05) is 20.2 Å². The number of H-pyrrole nitrogens is 1. The highest BCUT2D eigenvalue weighted by atomic mass is 16.5. The molecule has 1 aromatic carbocycles. The van der Waals surface area contributed by atoms with Gasteiger partial charge in [0.25, 0.3) is 0 Å². The SMILES string of the molecule is CCCCOc1cccc(-c2n[nH]c3c2CN(C)CC3)c1. The number of likely N-dealkylation sites (N-methyl/N-ethyl adjacent to an activating group) is 1. The topological polar surface area (TPSA) is 41.1 Å². The first-order valence-electron chi connectivity index (χ1n) is 7.76. The third kappa shape index (κ3) is 3.10. The van der Waals surface area contributed by atoms with Crippen LogP contribution in [0.3, 0.4) is 0 Å². The van der Waals surface area contributed by atoms with Crippen LogP contribution in [-0.2, 0) is 13.0 Å². The number of rotatable bonds is 5. The van der Waals surface area contributed by atoms with Gasteiger partial charge in [0.2, 0.25) is 0 Å². The van der Waals surface area contributed by atoms with Crippen LogP contribution in [0.15, 0.2) is 24.3 Å². The van der Waals surface area contributed by atoms with Crippen molar-refractivity contribution in [3.63, 3.8) is 0 Å². The Morgan fingerprint density at radius 1 is 1.38 bits per heavy atom. The average molecular weight is 285 g/mol. The van der Waals surface area contributed by atoms with Gasteiger partial charge in [-0.3, -0.25) is 5.10 Å². The fraction of sp³-hybridized carbons (Fsp3) is 0.471. The molecule has 0 atom stereocenters. The minimum Gasteiger partial charge on any atom is -0.494 e. The summed E-state index contributed by atoms with van der Waals surface area (Å²) in [5.41, 5.74) is 4.81. The number of nitrogens with zero attached hydrogens (tertiary/aromatic N) is 2. The fourth-order valence-corrected chi connectivity index (χ4v) is 2.74. The lowest BCUT2D eigenvalue weighted by Gasteiger charge is -2.22. The van der Waals surface area contributed by atoms with Crippen molar-refractivity contribution in [2.24, 2.45) is 0 Å². The zero-order chi connectivity index (χ0) is 14.7. The Morgan fingerprint density at radius 3 is 3.14 bits per heavy atom. The van der Waals surface area contributed by atoms with Crippen molar-refractivity contribution >= 4 is 0 Å². The molecule has 0 aliphatic carbocycles. The lowest BCUT2D eigenvalue weighted by atomic mass is 10.0. The molecule has 21 heavy (non-hydrogen) atoms. The molecule has 3 rings (SSSR count). The Balaban J connectivity index is 1.84. The minimum absolute atomic E-state index is 0.779. The van der Waals surface area contributed by atoms with E-state index in [0.29, 0.717) is 0 Å². The smallest absolute Gasteiger partial charge is 0.119 e. The first kappa shape index (κ1) is 14.1. The van der Waals surface area contributed by atoms with Crippen LogP contribution in [0, 0.1) is 0 Å². The first-order chi connectivity index (χ1) is 10.3. The van der Waals surface area contributed by atoms with Crippen LogP contribution in [-0.4, -0.2) is 35.3 Å². The molecule has 0 bridgehead atoms. The predicted octanol–water partition coefficient (Wildman–Crippen LogP) is 3.24. The second kappa shape index (κ2) is 6.31. The number of hydrogen-bond donors (Lipinski definition) is 1. The molecule has 112 valence electrons. The highest BCUT2D eigenvalue weighted by Gasteiger charge is 2.20. The fourth-order valence-electron chi connectivity index (χ4n) is 2.74. The van der Waals surface area contributed by atoms with Gasteiger partial charge in [0.15, 0.2) is 0 Å². The van der Waals surface area contributed by atoms with Crippen LogP contribution >= 0.6 is 0 Å². The van der Waals surface area contributed by atoms with Crippen molar-refractivity contribution in [3.05, 3.63) is 35.5 Å². The molecule has 0 amide bonds. The van der Waals surface area contributed by atoms with E-state index in [1.807, 2.05) is 12.1 Å². The molecule has 1 N–H and O–H groups in total. The highest BCUT2D eigenvalue weighted by molar-refractivity contribution is 5.65. The molecule has 2 aromatic rings. The van der Waals surface area contributed by atoms with Crippen LogP contribution in [0.1, 0.15) is 31.0 Å². The summed E-state index contributed by atoms with van der Waals surface area (Å²) in [7, 11) is 2.16. The van der Waals surface area contributed by atoms with E-state index >= 15 is 0 Å². The van der Waals surface area contributed by atoms with Crippen LogP contribution < -0.4 is 4.74 Å². The van der Waals surface area contributed by atoms with Crippen molar-refractivity contribution in [1.29, 1.82) is 0 Å². The molecule has 2 heterocycles. The number of hydrogen-bond acceptors (Lipinski definition) is 3. The molecule has 0 saturated heterocycles. The molecular weight excluding hydrogens is 262 g/mol. The van der Waals surface area contributed by atoms with Crippen LogP contribution in [0.5, 0.6) is 5.75 Å². The third-order valence-electron chi connectivity index (χ3n) is 4.00. The van der Waals surface area contributed by atoms with Gasteiger partial charge in [-0.15, -0.1) is 0 Å². The standard InChI is InChI=1S/C17H23N3O/c1-3-4-10-21-14-7-5-6-13(11-14)17-15-12-20(2)9-8-16(15)18-19-17/h5-7,11H,3-4,8-10,12H2,1-2H3,(H,18,19). The maximum atomic E-state index is 5.80. The summed E-state index contributed by atoms with van der Waals surface area (Å²) in [5.74, 6) is 0.932. The van der Waals surface area contributed by atoms with E-state index in [9.17, 15) is 0 Å².